The van der Waals surface area contributed by atoms with Gasteiger partial charge in [0.2, 0.25) is 0 Å². The first kappa shape index (κ1) is 12.7. The van der Waals surface area contributed by atoms with Gasteiger partial charge in [0, 0.05) is 12.6 Å². The van der Waals surface area contributed by atoms with Crippen molar-refractivity contribution in [3.8, 4) is 0 Å². The Bertz CT molecular complexity index is 298. The van der Waals surface area contributed by atoms with E-state index in [2.05, 4.69) is 5.32 Å². The Morgan fingerprint density at radius 3 is 2.65 bits per heavy atom. The van der Waals surface area contributed by atoms with Gasteiger partial charge in [0.25, 0.3) is 0 Å². The van der Waals surface area contributed by atoms with Crippen molar-refractivity contribution < 1.29 is 14.6 Å². The zero-order valence-electron chi connectivity index (χ0n) is 10.9. The van der Waals surface area contributed by atoms with E-state index in [0.29, 0.717) is 17.8 Å². The summed E-state index contributed by atoms with van der Waals surface area (Å²) in [6.45, 7) is 5.85. The Morgan fingerprint density at radius 1 is 1.41 bits per heavy atom. The highest BCUT2D eigenvalue weighted by Gasteiger charge is 2.48. The molecule has 0 aliphatic heterocycles. The minimum atomic E-state index is -0.446. The number of hydrogen-bond acceptors (Lipinski definition) is 3. The molecule has 0 aromatic carbocycles. The van der Waals surface area contributed by atoms with Gasteiger partial charge in [-0.15, -0.1) is 0 Å². The van der Waals surface area contributed by atoms with Crippen molar-refractivity contribution in [2.24, 2.45) is 17.8 Å². The average Bonchev–Trinajstić information content (AvgIpc) is 2.72. The monoisotopic (exact) mass is 241 g/mol. The molecule has 0 radical (unpaired) electrons. The maximum atomic E-state index is 11.7. The van der Waals surface area contributed by atoms with Crippen molar-refractivity contribution in [1.29, 1.82) is 0 Å². The number of aliphatic hydroxyl groups is 1. The van der Waals surface area contributed by atoms with Crippen LogP contribution in [0.1, 0.15) is 40.0 Å². The van der Waals surface area contributed by atoms with Crippen molar-refractivity contribution in [3.05, 3.63) is 0 Å². The van der Waals surface area contributed by atoms with Crippen LogP contribution in [-0.4, -0.2) is 29.4 Å². The molecular formula is C13H23NO3. The zero-order valence-corrected chi connectivity index (χ0v) is 10.9. The summed E-state index contributed by atoms with van der Waals surface area (Å²) in [5, 5.41) is 12.3. The molecule has 4 nitrogen and oxygen atoms in total. The van der Waals surface area contributed by atoms with Crippen molar-refractivity contribution in [2.75, 3.05) is 6.61 Å². The fourth-order valence-electron chi connectivity index (χ4n) is 3.35. The molecule has 0 unspecified atom stereocenters. The van der Waals surface area contributed by atoms with Crippen LogP contribution in [0.15, 0.2) is 0 Å². The first-order valence-electron chi connectivity index (χ1n) is 6.51. The SMILES string of the molecule is CC(C)(C)OC(=O)N[C@H]1[C@H]2CC[C@H]1[C@@H](CO)C2. The Hall–Kier alpha value is -0.770. The van der Waals surface area contributed by atoms with Gasteiger partial charge in [0.05, 0.1) is 0 Å². The maximum Gasteiger partial charge on any atom is 0.407 e. The lowest BCUT2D eigenvalue weighted by Gasteiger charge is -2.24. The topological polar surface area (TPSA) is 58.6 Å². The summed E-state index contributed by atoms with van der Waals surface area (Å²) in [4.78, 5) is 11.7. The second-order valence-corrected chi connectivity index (χ2v) is 6.35. The number of fused-ring (bicyclic) bond motifs is 2. The standard InChI is InChI=1S/C13H23NO3/c1-13(2,3)17-12(16)14-11-8-4-5-10(11)9(6-8)7-15/h8-11,15H,4-7H2,1-3H3,(H,14,16)/t8-,9+,10-,11-/m0/s1. The smallest absolute Gasteiger partial charge is 0.407 e. The first-order chi connectivity index (χ1) is 7.90. The van der Waals surface area contributed by atoms with Crippen LogP contribution in [0, 0.1) is 17.8 Å². The summed E-state index contributed by atoms with van der Waals surface area (Å²) in [6.07, 6.45) is 3.01. The molecule has 2 N–H and O–H groups in total. The van der Waals surface area contributed by atoms with Gasteiger partial charge in [-0.25, -0.2) is 4.79 Å². The van der Waals surface area contributed by atoms with Crippen LogP contribution < -0.4 is 5.32 Å². The Morgan fingerprint density at radius 2 is 2.12 bits per heavy atom. The van der Waals surface area contributed by atoms with Crippen molar-refractivity contribution >= 4 is 6.09 Å². The fraction of sp³-hybridized carbons (Fsp3) is 0.923. The number of aliphatic hydroxyl groups excluding tert-OH is 1. The molecule has 98 valence electrons. The van der Waals surface area contributed by atoms with Crippen LogP contribution >= 0.6 is 0 Å². The summed E-state index contributed by atoms with van der Waals surface area (Å²) in [5.41, 5.74) is -0.446. The number of ether oxygens (including phenoxy) is 1. The van der Waals surface area contributed by atoms with E-state index < -0.39 is 5.60 Å². The third kappa shape index (κ3) is 2.73. The van der Waals surface area contributed by atoms with E-state index in [9.17, 15) is 9.90 Å². The molecule has 2 rings (SSSR count). The summed E-state index contributed by atoms with van der Waals surface area (Å²) in [6, 6.07) is 0.210. The van der Waals surface area contributed by atoms with Gasteiger partial charge in [-0.3, -0.25) is 0 Å². The summed E-state index contributed by atoms with van der Waals surface area (Å²) < 4.78 is 5.28. The lowest BCUT2D eigenvalue weighted by molar-refractivity contribution is 0.0486. The third-order valence-corrected chi connectivity index (χ3v) is 3.97. The van der Waals surface area contributed by atoms with Crippen molar-refractivity contribution in [1.82, 2.24) is 5.32 Å². The lowest BCUT2D eigenvalue weighted by Crippen LogP contribution is -2.42. The maximum absolute atomic E-state index is 11.7. The van der Waals surface area contributed by atoms with E-state index in [4.69, 9.17) is 4.74 Å². The Kier molecular flexibility index (Phi) is 3.34. The molecule has 2 aliphatic rings. The average molecular weight is 241 g/mol. The second kappa shape index (κ2) is 4.48. The van der Waals surface area contributed by atoms with Crippen molar-refractivity contribution in [2.45, 2.75) is 51.7 Å². The number of carbonyl (C=O) groups is 1. The fourth-order valence-corrected chi connectivity index (χ4v) is 3.35. The van der Waals surface area contributed by atoms with Gasteiger partial charge in [-0.1, -0.05) is 0 Å². The normalized spacial score (nSPS) is 36.0. The molecule has 4 atom stereocenters. The van der Waals surface area contributed by atoms with E-state index in [-0.39, 0.29) is 18.7 Å². The number of carbonyl (C=O) groups excluding carboxylic acids is 1. The Labute approximate surface area is 103 Å². The zero-order chi connectivity index (χ0) is 12.6. The van der Waals surface area contributed by atoms with E-state index >= 15 is 0 Å². The first-order valence-corrected chi connectivity index (χ1v) is 6.51. The molecule has 2 saturated carbocycles. The molecule has 0 aromatic heterocycles. The number of nitrogens with one attached hydrogen (secondary N) is 1. The molecule has 4 heteroatoms. The molecule has 1 amide bonds. The molecule has 0 saturated heterocycles. The van der Waals surface area contributed by atoms with Gasteiger partial charge in [0.1, 0.15) is 5.60 Å². The number of alkyl carbamates (subject to hydrolysis) is 1. The van der Waals surface area contributed by atoms with E-state index in [0.717, 1.165) is 12.8 Å². The quantitative estimate of drug-likeness (QED) is 0.776. The van der Waals surface area contributed by atoms with Gasteiger partial charge in [-0.2, -0.15) is 0 Å². The minimum Gasteiger partial charge on any atom is -0.444 e. The largest absolute Gasteiger partial charge is 0.444 e. The molecule has 17 heavy (non-hydrogen) atoms. The van der Waals surface area contributed by atoms with Crippen LogP contribution in [0.3, 0.4) is 0 Å². The second-order valence-electron chi connectivity index (χ2n) is 6.35. The van der Waals surface area contributed by atoms with Gasteiger partial charge in [0.15, 0.2) is 0 Å². The molecule has 2 aliphatic carbocycles. The molecular weight excluding hydrogens is 218 g/mol. The number of amides is 1. The predicted octanol–water partition coefficient (Wildman–Crippen LogP) is 1.92. The summed E-state index contributed by atoms with van der Waals surface area (Å²) in [7, 11) is 0. The lowest BCUT2D eigenvalue weighted by atomic mass is 9.89. The minimum absolute atomic E-state index is 0.210. The summed E-state index contributed by atoms with van der Waals surface area (Å²) >= 11 is 0. The third-order valence-electron chi connectivity index (χ3n) is 3.97. The van der Waals surface area contributed by atoms with Crippen LogP contribution in [0.2, 0.25) is 0 Å². The number of rotatable bonds is 2. The van der Waals surface area contributed by atoms with Crippen molar-refractivity contribution in [3.63, 3.8) is 0 Å². The highest BCUT2D eigenvalue weighted by Crippen LogP contribution is 2.48. The van der Waals surface area contributed by atoms with E-state index in [1.54, 1.807) is 0 Å². The predicted molar refractivity (Wildman–Crippen MR) is 64.6 cm³/mol. The van der Waals surface area contributed by atoms with Crippen LogP contribution in [0.4, 0.5) is 4.79 Å². The summed E-state index contributed by atoms with van der Waals surface area (Å²) in [5.74, 6) is 1.34. The Balaban J connectivity index is 1.90. The van der Waals surface area contributed by atoms with Gasteiger partial charge in [-0.05, 0) is 57.8 Å². The molecule has 0 heterocycles. The molecule has 0 aromatic rings. The van der Waals surface area contributed by atoms with Gasteiger partial charge >= 0.3 is 6.09 Å². The van der Waals surface area contributed by atoms with E-state index in [1.165, 1.54) is 6.42 Å². The van der Waals surface area contributed by atoms with Crippen LogP contribution in [-0.2, 0) is 4.74 Å². The molecule has 2 bridgehead atoms. The van der Waals surface area contributed by atoms with Gasteiger partial charge < -0.3 is 15.2 Å². The highest BCUT2D eigenvalue weighted by atomic mass is 16.6. The molecule has 0 spiro atoms. The number of hydrogen-bond donors (Lipinski definition) is 2. The molecule has 2 fully saturated rings. The highest BCUT2D eigenvalue weighted by molar-refractivity contribution is 5.68. The van der Waals surface area contributed by atoms with Crippen LogP contribution in [0.25, 0.3) is 0 Å². The van der Waals surface area contributed by atoms with E-state index in [1.807, 2.05) is 20.8 Å². The van der Waals surface area contributed by atoms with Crippen LogP contribution in [0.5, 0.6) is 0 Å².